The van der Waals surface area contributed by atoms with E-state index in [1.54, 1.807) is 13.0 Å². The molecule has 0 atom stereocenters. The van der Waals surface area contributed by atoms with Gasteiger partial charge in [-0.25, -0.2) is 4.79 Å². The Kier molecular flexibility index (Phi) is 4.72. The van der Waals surface area contributed by atoms with Crippen LogP contribution in [0.25, 0.3) is 0 Å². The minimum atomic E-state index is -3.83. The quantitative estimate of drug-likeness (QED) is 0.764. The summed E-state index contributed by atoms with van der Waals surface area (Å²) in [5.41, 5.74) is 0.960. The smallest absolute Gasteiger partial charge is 0.357 e. The summed E-state index contributed by atoms with van der Waals surface area (Å²) in [7, 11) is -3.83. The third-order valence-electron chi connectivity index (χ3n) is 2.21. The molecule has 1 aromatic carbocycles. The number of para-hydroxylation sites is 1. The van der Waals surface area contributed by atoms with Gasteiger partial charge in [0.25, 0.3) is 0 Å². The van der Waals surface area contributed by atoms with Crippen LogP contribution in [0.2, 0.25) is 0 Å². The second-order valence-corrected chi connectivity index (χ2v) is 5.23. The molecule has 18 heavy (non-hydrogen) atoms. The van der Waals surface area contributed by atoms with Crippen LogP contribution in [-0.4, -0.2) is 27.2 Å². The Bertz CT molecular complexity index is 533. The van der Waals surface area contributed by atoms with Gasteiger partial charge >= 0.3 is 16.1 Å². The Labute approximate surface area is 107 Å². The van der Waals surface area contributed by atoms with Gasteiger partial charge in [0.1, 0.15) is 11.3 Å². The zero-order chi connectivity index (χ0) is 13.8. The van der Waals surface area contributed by atoms with E-state index >= 15 is 0 Å². The molecule has 0 aliphatic carbocycles. The van der Waals surface area contributed by atoms with Crippen molar-refractivity contribution in [2.75, 3.05) is 12.9 Å². The second kappa shape index (κ2) is 5.86. The molecule has 1 aromatic rings. The normalized spacial score (nSPS) is 11.1. The summed E-state index contributed by atoms with van der Waals surface area (Å²) in [6.07, 6.45) is 1.50. The molecule has 0 heterocycles. The Morgan fingerprint density at radius 1 is 1.28 bits per heavy atom. The van der Waals surface area contributed by atoms with E-state index in [9.17, 15) is 13.2 Å². The molecule has 1 rings (SSSR count). The summed E-state index contributed by atoms with van der Waals surface area (Å²) in [6, 6.07) is 4.97. The van der Waals surface area contributed by atoms with Gasteiger partial charge in [-0.2, -0.15) is 8.42 Å². The minimum Gasteiger partial charge on any atom is -0.493 e. The van der Waals surface area contributed by atoms with Crippen LogP contribution in [0.15, 0.2) is 18.2 Å². The van der Waals surface area contributed by atoms with Crippen molar-refractivity contribution in [2.45, 2.75) is 20.3 Å². The van der Waals surface area contributed by atoms with Crippen LogP contribution in [0.4, 0.5) is 0 Å². The number of aryl methyl sites for hydroxylation is 1. The van der Waals surface area contributed by atoms with Crippen molar-refractivity contribution in [3.05, 3.63) is 29.3 Å². The maximum atomic E-state index is 11.7. The van der Waals surface area contributed by atoms with Crippen molar-refractivity contribution >= 4 is 16.1 Å². The van der Waals surface area contributed by atoms with Crippen LogP contribution in [0, 0.1) is 0 Å². The maximum Gasteiger partial charge on any atom is 0.357 e. The lowest BCUT2D eigenvalue weighted by Gasteiger charge is -2.12. The summed E-state index contributed by atoms with van der Waals surface area (Å²) in [4.78, 5) is 11.7. The van der Waals surface area contributed by atoms with Crippen molar-refractivity contribution < 1.29 is 22.1 Å². The predicted octanol–water partition coefficient (Wildman–Crippen LogP) is 1.76. The van der Waals surface area contributed by atoms with Gasteiger partial charge in [-0.1, -0.05) is 19.1 Å². The summed E-state index contributed by atoms with van der Waals surface area (Å²) in [6.45, 7) is 4.10. The van der Waals surface area contributed by atoms with Crippen molar-refractivity contribution in [2.24, 2.45) is 0 Å². The summed E-state index contributed by atoms with van der Waals surface area (Å²) in [5.74, 6) is -0.535. The van der Waals surface area contributed by atoms with Crippen LogP contribution >= 0.6 is 0 Å². The summed E-state index contributed by atoms with van der Waals surface area (Å²) >= 11 is 0. The molecule has 0 radical (unpaired) electrons. The lowest BCUT2D eigenvalue weighted by Crippen LogP contribution is -2.13. The SMILES string of the molecule is CCOc1c(CC)cccc1C(=O)OS(C)(=O)=O. The van der Waals surface area contributed by atoms with Gasteiger partial charge in [0.15, 0.2) is 0 Å². The molecule has 0 saturated carbocycles. The largest absolute Gasteiger partial charge is 0.493 e. The predicted molar refractivity (Wildman–Crippen MR) is 67.2 cm³/mol. The lowest BCUT2D eigenvalue weighted by molar-refractivity contribution is 0.0744. The molecule has 6 heteroatoms. The molecule has 0 spiro atoms. The van der Waals surface area contributed by atoms with Crippen LogP contribution in [0.1, 0.15) is 29.8 Å². The van der Waals surface area contributed by atoms with Crippen molar-refractivity contribution in [1.82, 2.24) is 0 Å². The Morgan fingerprint density at radius 3 is 2.44 bits per heavy atom. The van der Waals surface area contributed by atoms with Crippen molar-refractivity contribution in [3.63, 3.8) is 0 Å². The van der Waals surface area contributed by atoms with Crippen LogP contribution in [-0.2, 0) is 20.7 Å². The van der Waals surface area contributed by atoms with E-state index < -0.39 is 16.1 Å². The van der Waals surface area contributed by atoms with Gasteiger partial charge in [-0.15, -0.1) is 0 Å². The van der Waals surface area contributed by atoms with Gasteiger partial charge in [0, 0.05) is 0 Å². The van der Waals surface area contributed by atoms with E-state index in [4.69, 9.17) is 4.74 Å². The van der Waals surface area contributed by atoms with Gasteiger partial charge in [-0.3, -0.25) is 0 Å². The summed E-state index contributed by atoms with van der Waals surface area (Å²) in [5, 5.41) is 0. The van der Waals surface area contributed by atoms with E-state index in [-0.39, 0.29) is 5.56 Å². The van der Waals surface area contributed by atoms with E-state index in [1.807, 2.05) is 13.0 Å². The number of benzene rings is 1. The maximum absolute atomic E-state index is 11.7. The van der Waals surface area contributed by atoms with Crippen molar-refractivity contribution in [1.29, 1.82) is 0 Å². The number of rotatable bonds is 5. The van der Waals surface area contributed by atoms with Gasteiger partial charge in [0.05, 0.1) is 12.9 Å². The first kappa shape index (κ1) is 14.5. The molecule has 0 amide bonds. The van der Waals surface area contributed by atoms with E-state index in [1.165, 1.54) is 6.07 Å². The first-order chi connectivity index (χ1) is 8.39. The Morgan fingerprint density at radius 2 is 1.94 bits per heavy atom. The molecule has 0 unspecified atom stereocenters. The van der Waals surface area contributed by atoms with Gasteiger partial charge in [-0.05, 0) is 25.0 Å². The standard InChI is InChI=1S/C12H16O5S/c1-4-9-7-6-8-10(11(9)16-5-2)12(13)17-18(3,14)15/h6-8H,4-5H2,1-3H3. The monoisotopic (exact) mass is 272 g/mol. The molecular formula is C12H16O5S. The highest BCUT2D eigenvalue weighted by molar-refractivity contribution is 7.86. The van der Waals surface area contributed by atoms with Crippen LogP contribution in [0.3, 0.4) is 0 Å². The number of carbonyl (C=O) groups is 1. The lowest BCUT2D eigenvalue weighted by atomic mass is 10.1. The second-order valence-electron chi connectivity index (χ2n) is 3.66. The summed E-state index contributed by atoms with van der Waals surface area (Å²) < 4.78 is 31.7. The molecule has 0 aliphatic rings. The van der Waals surface area contributed by atoms with Crippen molar-refractivity contribution in [3.8, 4) is 5.75 Å². The fourth-order valence-electron chi connectivity index (χ4n) is 1.52. The number of ether oxygens (including phenoxy) is 1. The fraction of sp³-hybridized carbons (Fsp3) is 0.417. The molecular weight excluding hydrogens is 256 g/mol. The zero-order valence-corrected chi connectivity index (χ0v) is 11.4. The molecule has 0 fully saturated rings. The van der Waals surface area contributed by atoms with Crippen LogP contribution < -0.4 is 4.74 Å². The molecule has 0 N–H and O–H groups in total. The van der Waals surface area contributed by atoms with E-state index in [0.717, 1.165) is 11.8 Å². The number of carbonyl (C=O) groups excluding carboxylic acids is 1. The molecule has 0 saturated heterocycles. The topological polar surface area (TPSA) is 69.7 Å². The first-order valence-corrected chi connectivity index (χ1v) is 7.39. The molecule has 0 bridgehead atoms. The highest BCUT2D eigenvalue weighted by atomic mass is 32.2. The third-order valence-corrected chi connectivity index (χ3v) is 2.67. The fourth-order valence-corrected chi connectivity index (χ4v) is 1.89. The molecule has 5 nitrogen and oxygen atoms in total. The highest BCUT2D eigenvalue weighted by Gasteiger charge is 2.20. The average Bonchev–Trinajstić information content (AvgIpc) is 2.27. The highest BCUT2D eigenvalue weighted by Crippen LogP contribution is 2.25. The molecule has 100 valence electrons. The van der Waals surface area contributed by atoms with E-state index in [0.29, 0.717) is 18.8 Å². The Balaban J connectivity index is 3.18. The zero-order valence-electron chi connectivity index (χ0n) is 10.6. The molecule has 0 aliphatic heterocycles. The first-order valence-electron chi connectivity index (χ1n) is 5.57. The number of hydrogen-bond acceptors (Lipinski definition) is 5. The van der Waals surface area contributed by atoms with Gasteiger partial charge < -0.3 is 8.92 Å². The molecule has 0 aromatic heterocycles. The Hall–Kier alpha value is -1.56. The average molecular weight is 272 g/mol. The number of hydrogen-bond donors (Lipinski definition) is 0. The minimum absolute atomic E-state index is 0.127. The van der Waals surface area contributed by atoms with Gasteiger partial charge in [0.2, 0.25) is 0 Å². The van der Waals surface area contributed by atoms with Crippen LogP contribution in [0.5, 0.6) is 5.75 Å². The van der Waals surface area contributed by atoms with E-state index in [2.05, 4.69) is 4.18 Å². The third kappa shape index (κ3) is 3.73.